The number of rotatable bonds is 5. The summed E-state index contributed by atoms with van der Waals surface area (Å²) in [5.74, 6) is 1.05. The largest absolute Gasteiger partial charge is 0.457 e. The van der Waals surface area contributed by atoms with Crippen molar-refractivity contribution in [1.29, 1.82) is 0 Å². The van der Waals surface area contributed by atoms with Crippen LogP contribution in [0.25, 0.3) is 11.1 Å². The van der Waals surface area contributed by atoms with Gasteiger partial charge in [0.1, 0.15) is 29.2 Å². The molecule has 0 radical (unpaired) electrons. The second-order valence-electron chi connectivity index (χ2n) is 7.91. The zero-order valence-corrected chi connectivity index (χ0v) is 18.0. The van der Waals surface area contributed by atoms with Crippen molar-refractivity contribution in [2.75, 3.05) is 11.9 Å². The molecule has 1 atom stereocenters. The summed E-state index contributed by atoms with van der Waals surface area (Å²) in [5, 5.41) is 6.85. The lowest BCUT2D eigenvalue weighted by molar-refractivity contribution is -0.124. The Labute approximate surface area is 180 Å². The number of carbonyl (C=O) groups is 1. The SMILES string of the molecule is Cc1cc(NC(=O)[C@@H]2CCCO2)cc(C)c1Oc1cc(F)cc(-c2c(C)noc2C)c1. The van der Waals surface area contributed by atoms with Crippen molar-refractivity contribution < 1.29 is 23.2 Å². The lowest BCUT2D eigenvalue weighted by Crippen LogP contribution is -2.26. The summed E-state index contributed by atoms with van der Waals surface area (Å²) in [7, 11) is 0. The maximum absolute atomic E-state index is 14.4. The number of ether oxygens (including phenoxy) is 2. The maximum atomic E-state index is 14.4. The second-order valence-corrected chi connectivity index (χ2v) is 7.91. The molecule has 2 heterocycles. The van der Waals surface area contributed by atoms with Crippen molar-refractivity contribution in [2.24, 2.45) is 0 Å². The summed E-state index contributed by atoms with van der Waals surface area (Å²) in [4.78, 5) is 12.3. The number of amides is 1. The molecule has 4 rings (SSSR count). The van der Waals surface area contributed by atoms with E-state index in [1.807, 2.05) is 32.9 Å². The van der Waals surface area contributed by atoms with Gasteiger partial charge in [-0.15, -0.1) is 0 Å². The number of carbonyl (C=O) groups excluding carboxylic acids is 1. The van der Waals surface area contributed by atoms with E-state index in [0.717, 1.165) is 29.5 Å². The molecule has 3 aromatic rings. The van der Waals surface area contributed by atoms with Gasteiger partial charge in [-0.1, -0.05) is 5.16 Å². The van der Waals surface area contributed by atoms with Crippen LogP contribution in [-0.4, -0.2) is 23.8 Å². The molecule has 1 aliphatic heterocycles. The number of hydrogen-bond acceptors (Lipinski definition) is 5. The van der Waals surface area contributed by atoms with E-state index in [0.29, 0.717) is 40.8 Å². The minimum atomic E-state index is -0.414. The molecule has 7 heteroatoms. The standard InChI is InChI=1S/C24H25FN2O4/c1-13-8-19(26-24(28)21-6-5-7-29-21)9-14(2)23(13)30-20-11-17(10-18(25)12-20)22-15(3)27-31-16(22)4/h8-12,21H,5-7H2,1-4H3,(H,26,28)/t21-/m0/s1. The number of nitrogens with zero attached hydrogens (tertiary/aromatic N) is 1. The zero-order chi connectivity index (χ0) is 22.1. The minimum absolute atomic E-state index is 0.140. The summed E-state index contributed by atoms with van der Waals surface area (Å²) in [6.07, 6.45) is 1.23. The molecule has 1 aromatic heterocycles. The van der Waals surface area contributed by atoms with Crippen molar-refractivity contribution in [1.82, 2.24) is 5.16 Å². The van der Waals surface area contributed by atoms with E-state index in [9.17, 15) is 9.18 Å². The summed E-state index contributed by atoms with van der Waals surface area (Å²) in [6.45, 7) is 8.00. The molecule has 0 bridgehead atoms. The third-order valence-electron chi connectivity index (χ3n) is 5.36. The topological polar surface area (TPSA) is 73.6 Å². The summed E-state index contributed by atoms with van der Waals surface area (Å²) in [5.41, 5.74) is 4.41. The number of nitrogens with one attached hydrogen (secondary N) is 1. The van der Waals surface area contributed by atoms with E-state index in [1.165, 1.54) is 12.1 Å². The molecule has 1 saturated heterocycles. The van der Waals surface area contributed by atoms with Crippen molar-refractivity contribution in [3.63, 3.8) is 0 Å². The van der Waals surface area contributed by atoms with Gasteiger partial charge < -0.3 is 19.3 Å². The molecule has 0 saturated carbocycles. The van der Waals surface area contributed by atoms with Gasteiger partial charge in [-0.3, -0.25) is 4.79 Å². The van der Waals surface area contributed by atoms with Crippen LogP contribution in [0, 0.1) is 33.5 Å². The van der Waals surface area contributed by atoms with E-state index < -0.39 is 11.9 Å². The van der Waals surface area contributed by atoms with Crippen LogP contribution in [0.1, 0.15) is 35.4 Å². The Hall–Kier alpha value is -3.19. The number of halogens is 1. The fourth-order valence-corrected chi connectivity index (χ4v) is 3.97. The molecule has 6 nitrogen and oxygen atoms in total. The third kappa shape index (κ3) is 4.46. The first-order valence-corrected chi connectivity index (χ1v) is 10.3. The smallest absolute Gasteiger partial charge is 0.253 e. The highest BCUT2D eigenvalue weighted by molar-refractivity contribution is 5.94. The molecule has 1 fully saturated rings. The lowest BCUT2D eigenvalue weighted by Gasteiger charge is -2.16. The Balaban J connectivity index is 1.59. The molecular weight excluding hydrogens is 399 g/mol. The number of hydrogen-bond donors (Lipinski definition) is 1. The fourth-order valence-electron chi connectivity index (χ4n) is 3.97. The maximum Gasteiger partial charge on any atom is 0.253 e. The van der Waals surface area contributed by atoms with Crippen LogP contribution in [0.4, 0.5) is 10.1 Å². The molecule has 1 N–H and O–H groups in total. The lowest BCUT2D eigenvalue weighted by atomic mass is 10.0. The van der Waals surface area contributed by atoms with Crippen LogP contribution >= 0.6 is 0 Å². The molecule has 2 aromatic carbocycles. The molecule has 1 aliphatic rings. The van der Waals surface area contributed by atoms with Crippen LogP contribution in [0.3, 0.4) is 0 Å². The van der Waals surface area contributed by atoms with Crippen molar-refractivity contribution in [3.05, 3.63) is 58.7 Å². The first-order valence-electron chi connectivity index (χ1n) is 10.3. The number of aryl methyl sites for hydroxylation is 4. The highest BCUT2D eigenvalue weighted by atomic mass is 19.1. The summed E-state index contributed by atoms with van der Waals surface area (Å²) < 4.78 is 31.1. The molecule has 0 spiro atoms. The minimum Gasteiger partial charge on any atom is -0.457 e. The molecule has 1 amide bonds. The third-order valence-corrected chi connectivity index (χ3v) is 5.36. The predicted molar refractivity (Wildman–Crippen MR) is 115 cm³/mol. The van der Waals surface area contributed by atoms with Crippen LogP contribution in [0.2, 0.25) is 0 Å². The van der Waals surface area contributed by atoms with Gasteiger partial charge in [-0.05, 0) is 81.5 Å². The van der Waals surface area contributed by atoms with Crippen molar-refractivity contribution in [2.45, 2.75) is 46.6 Å². The van der Waals surface area contributed by atoms with Crippen molar-refractivity contribution in [3.8, 4) is 22.6 Å². The molecule has 31 heavy (non-hydrogen) atoms. The van der Waals surface area contributed by atoms with Gasteiger partial charge in [-0.2, -0.15) is 0 Å². The van der Waals surface area contributed by atoms with E-state index in [1.54, 1.807) is 13.0 Å². The van der Waals surface area contributed by atoms with Gasteiger partial charge >= 0.3 is 0 Å². The molecule has 162 valence electrons. The number of benzene rings is 2. The average Bonchev–Trinajstić information content (AvgIpc) is 3.34. The van der Waals surface area contributed by atoms with Gasteiger partial charge in [0.05, 0.1) is 5.69 Å². The van der Waals surface area contributed by atoms with Crippen LogP contribution in [0.15, 0.2) is 34.9 Å². The Bertz CT molecular complexity index is 1090. The van der Waals surface area contributed by atoms with E-state index in [-0.39, 0.29) is 5.91 Å². The Morgan fingerprint density at radius 3 is 2.48 bits per heavy atom. The van der Waals surface area contributed by atoms with Gasteiger partial charge in [0.25, 0.3) is 5.91 Å². The Morgan fingerprint density at radius 1 is 1.13 bits per heavy atom. The highest BCUT2D eigenvalue weighted by Crippen LogP contribution is 2.35. The number of anilines is 1. The van der Waals surface area contributed by atoms with Gasteiger partial charge in [0, 0.05) is 23.9 Å². The second kappa shape index (κ2) is 8.51. The predicted octanol–water partition coefficient (Wildman–Crippen LogP) is 5.62. The molecule has 0 unspecified atom stereocenters. The zero-order valence-electron chi connectivity index (χ0n) is 18.0. The van der Waals surface area contributed by atoms with Gasteiger partial charge in [0.2, 0.25) is 0 Å². The molecule has 0 aliphatic carbocycles. The Morgan fingerprint density at radius 2 is 1.87 bits per heavy atom. The van der Waals surface area contributed by atoms with Gasteiger partial charge in [0.15, 0.2) is 0 Å². The van der Waals surface area contributed by atoms with Crippen LogP contribution < -0.4 is 10.1 Å². The van der Waals surface area contributed by atoms with Crippen molar-refractivity contribution >= 4 is 11.6 Å². The molecular formula is C24H25FN2O4. The first-order chi connectivity index (χ1) is 14.8. The van der Waals surface area contributed by atoms with E-state index in [2.05, 4.69) is 10.5 Å². The highest BCUT2D eigenvalue weighted by Gasteiger charge is 2.24. The van der Waals surface area contributed by atoms with Gasteiger partial charge in [-0.25, -0.2) is 4.39 Å². The summed E-state index contributed by atoms with van der Waals surface area (Å²) >= 11 is 0. The van der Waals surface area contributed by atoms with E-state index >= 15 is 0 Å². The van der Waals surface area contributed by atoms with Crippen LogP contribution in [0.5, 0.6) is 11.5 Å². The monoisotopic (exact) mass is 424 g/mol. The van der Waals surface area contributed by atoms with E-state index in [4.69, 9.17) is 14.0 Å². The van der Waals surface area contributed by atoms with Crippen LogP contribution in [-0.2, 0) is 9.53 Å². The number of aromatic nitrogens is 1. The Kier molecular flexibility index (Phi) is 5.78. The first kappa shape index (κ1) is 21.1. The quantitative estimate of drug-likeness (QED) is 0.575. The normalized spacial score (nSPS) is 15.8. The fraction of sp³-hybridized carbons (Fsp3) is 0.333. The average molecular weight is 424 g/mol. The summed E-state index contributed by atoms with van der Waals surface area (Å²) in [6, 6.07) is 8.21.